The molecule has 2 atom stereocenters. The zero-order valence-corrected chi connectivity index (χ0v) is 9.76. The lowest BCUT2D eigenvalue weighted by molar-refractivity contribution is 0.213. The first-order valence-electron chi connectivity index (χ1n) is 6.48. The lowest BCUT2D eigenvalue weighted by atomic mass is 9.77. The number of fused-ring (bicyclic) bond motifs is 2. The summed E-state index contributed by atoms with van der Waals surface area (Å²) in [4.78, 5) is 14.4. The molecule has 1 saturated carbocycles. The molecule has 88 valence electrons. The number of hydrogen-bond donors (Lipinski definition) is 1. The molecule has 0 spiro atoms. The molecule has 0 amide bonds. The Morgan fingerprint density at radius 3 is 3.12 bits per heavy atom. The third-order valence-corrected chi connectivity index (χ3v) is 4.31. The van der Waals surface area contributed by atoms with E-state index in [9.17, 15) is 0 Å². The Balaban J connectivity index is 1.73. The van der Waals surface area contributed by atoms with Crippen LogP contribution in [0.3, 0.4) is 0 Å². The normalized spacial score (nSPS) is 27.9. The van der Waals surface area contributed by atoms with Gasteiger partial charge in [0.15, 0.2) is 0 Å². The molecule has 2 aromatic heterocycles. The van der Waals surface area contributed by atoms with Crippen LogP contribution in [0.4, 0.5) is 5.82 Å². The lowest BCUT2D eigenvalue weighted by Crippen LogP contribution is -2.58. The van der Waals surface area contributed by atoms with Crippen molar-refractivity contribution in [3.8, 4) is 0 Å². The summed E-state index contributed by atoms with van der Waals surface area (Å²) >= 11 is 0. The Kier molecular flexibility index (Phi) is 1.92. The predicted octanol–water partition coefficient (Wildman–Crippen LogP) is 2.34. The number of aromatic nitrogens is 3. The van der Waals surface area contributed by atoms with Gasteiger partial charge in [-0.3, -0.25) is 0 Å². The molecular weight excluding hydrogens is 212 g/mol. The first-order valence-corrected chi connectivity index (χ1v) is 6.48. The van der Waals surface area contributed by atoms with E-state index in [1.807, 2.05) is 6.20 Å². The monoisotopic (exact) mass is 228 g/mol. The van der Waals surface area contributed by atoms with E-state index < -0.39 is 0 Å². The second kappa shape index (κ2) is 3.45. The average Bonchev–Trinajstić information content (AvgIpc) is 2.80. The van der Waals surface area contributed by atoms with E-state index >= 15 is 0 Å². The molecule has 1 aliphatic carbocycles. The second-order valence-corrected chi connectivity index (χ2v) is 5.20. The van der Waals surface area contributed by atoms with Gasteiger partial charge in [0.2, 0.25) is 0 Å². The average molecular weight is 228 g/mol. The standard InChI is InChI=1S/C13H16N4/c1-2-4-11-9(3-1)7-17(11)13-10-5-6-14-12(10)15-8-16-13/h5-6,8-9,11H,1-4,7H2,(H,14,15,16)/t9-,11-/m0/s1. The highest BCUT2D eigenvalue weighted by molar-refractivity contribution is 5.87. The summed E-state index contributed by atoms with van der Waals surface area (Å²) in [6.07, 6.45) is 9.14. The predicted molar refractivity (Wildman–Crippen MR) is 67.0 cm³/mol. The Bertz CT molecular complexity index is 547. The van der Waals surface area contributed by atoms with Gasteiger partial charge in [0, 0.05) is 18.8 Å². The number of anilines is 1. The molecule has 3 heterocycles. The van der Waals surface area contributed by atoms with Gasteiger partial charge in [-0.2, -0.15) is 0 Å². The van der Waals surface area contributed by atoms with Crippen molar-refractivity contribution >= 4 is 16.9 Å². The quantitative estimate of drug-likeness (QED) is 0.814. The van der Waals surface area contributed by atoms with Gasteiger partial charge in [-0.25, -0.2) is 9.97 Å². The van der Waals surface area contributed by atoms with E-state index in [-0.39, 0.29) is 0 Å². The maximum atomic E-state index is 4.49. The largest absolute Gasteiger partial charge is 0.352 e. The van der Waals surface area contributed by atoms with E-state index in [4.69, 9.17) is 0 Å². The van der Waals surface area contributed by atoms with E-state index in [0.29, 0.717) is 0 Å². The molecule has 2 aromatic rings. The summed E-state index contributed by atoms with van der Waals surface area (Å²) in [6, 6.07) is 2.82. The zero-order chi connectivity index (χ0) is 11.2. The van der Waals surface area contributed by atoms with E-state index in [2.05, 4.69) is 25.9 Å². The summed E-state index contributed by atoms with van der Waals surface area (Å²) in [5.74, 6) is 2.03. The van der Waals surface area contributed by atoms with Crippen molar-refractivity contribution in [3.63, 3.8) is 0 Å². The van der Waals surface area contributed by atoms with Gasteiger partial charge in [0.1, 0.15) is 17.8 Å². The summed E-state index contributed by atoms with van der Waals surface area (Å²) in [5.41, 5.74) is 0.953. The molecular formula is C13H16N4. The fraction of sp³-hybridized carbons (Fsp3) is 0.538. The molecule has 4 rings (SSSR count). The van der Waals surface area contributed by atoms with Crippen molar-refractivity contribution in [2.75, 3.05) is 11.4 Å². The van der Waals surface area contributed by atoms with Crippen LogP contribution in [0.25, 0.3) is 11.0 Å². The number of hydrogen-bond acceptors (Lipinski definition) is 3. The number of aromatic amines is 1. The van der Waals surface area contributed by atoms with Crippen molar-refractivity contribution in [3.05, 3.63) is 18.6 Å². The maximum Gasteiger partial charge on any atom is 0.142 e. The minimum absolute atomic E-state index is 0.733. The van der Waals surface area contributed by atoms with Gasteiger partial charge >= 0.3 is 0 Å². The van der Waals surface area contributed by atoms with E-state index in [0.717, 1.165) is 28.8 Å². The molecule has 0 bridgehead atoms. The number of nitrogens with zero attached hydrogens (tertiary/aromatic N) is 3. The van der Waals surface area contributed by atoms with Crippen molar-refractivity contribution in [2.45, 2.75) is 31.7 Å². The molecule has 0 aromatic carbocycles. The Hall–Kier alpha value is -1.58. The summed E-state index contributed by atoms with van der Waals surface area (Å²) < 4.78 is 0. The summed E-state index contributed by atoms with van der Waals surface area (Å²) in [5, 5.41) is 1.16. The van der Waals surface area contributed by atoms with Crippen LogP contribution in [-0.4, -0.2) is 27.5 Å². The van der Waals surface area contributed by atoms with Crippen LogP contribution in [0, 0.1) is 5.92 Å². The van der Waals surface area contributed by atoms with Gasteiger partial charge in [-0.15, -0.1) is 0 Å². The van der Waals surface area contributed by atoms with Gasteiger partial charge in [-0.1, -0.05) is 12.8 Å². The van der Waals surface area contributed by atoms with Crippen LogP contribution in [0.15, 0.2) is 18.6 Å². The smallest absolute Gasteiger partial charge is 0.142 e. The number of H-pyrrole nitrogens is 1. The molecule has 17 heavy (non-hydrogen) atoms. The molecule has 1 N–H and O–H groups in total. The molecule has 1 aliphatic heterocycles. The topological polar surface area (TPSA) is 44.8 Å². The Morgan fingerprint density at radius 2 is 2.18 bits per heavy atom. The molecule has 0 radical (unpaired) electrons. The minimum Gasteiger partial charge on any atom is -0.352 e. The fourth-order valence-corrected chi connectivity index (χ4v) is 3.39. The molecule has 2 fully saturated rings. The molecule has 2 aliphatic rings. The fourth-order valence-electron chi connectivity index (χ4n) is 3.39. The third-order valence-electron chi connectivity index (χ3n) is 4.31. The highest BCUT2D eigenvalue weighted by atomic mass is 15.3. The van der Waals surface area contributed by atoms with E-state index in [1.165, 1.54) is 32.2 Å². The van der Waals surface area contributed by atoms with Crippen LogP contribution in [0.5, 0.6) is 0 Å². The zero-order valence-electron chi connectivity index (χ0n) is 9.76. The van der Waals surface area contributed by atoms with Crippen LogP contribution in [0.2, 0.25) is 0 Å². The first-order chi connectivity index (χ1) is 8.43. The highest BCUT2D eigenvalue weighted by Gasteiger charge is 2.41. The summed E-state index contributed by atoms with van der Waals surface area (Å²) in [6.45, 7) is 1.18. The van der Waals surface area contributed by atoms with Crippen molar-refractivity contribution in [2.24, 2.45) is 5.92 Å². The van der Waals surface area contributed by atoms with Crippen molar-refractivity contribution in [1.29, 1.82) is 0 Å². The molecule has 0 unspecified atom stereocenters. The van der Waals surface area contributed by atoms with Gasteiger partial charge in [0.25, 0.3) is 0 Å². The van der Waals surface area contributed by atoms with Crippen LogP contribution in [0.1, 0.15) is 25.7 Å². The Morgan fingerprint density at radius 1 is 1.24 bits per heavy atom. The SMILES string of the molecule is c1nc(N2C[C@@H]3CCCC[C@@H]32)c2cc[nH]c2n1. The second-order valence-electron chi connectivity index (χ2n) is 5.20. The van der Waals surface area contributed by atoms with Crippen LogP contribution in [-0.2, 0) is 0 Å². The lowest BCUT2D eigenvalue weighted by Gasteiger charge is -2.51. The van der Waals surface area contributed by atoms with Crippen molar-refractivity contribution in [1.82, 2.24) is 15.0 Å². The third kappa shape index (κ3) is 1.30. The first kappa shape index (κ1) is 9.45. The van der Waals surface area contributed by atoms with Gasteiger partial charge in [-0.05, 0) is 24.8 Å². The Labute approximate surface area is 100 Å². The number of rotatable bonds is 1. The van der Waals surface area contributed by atoms with Gasteiger partial charge < -0.3 is 9.88 Å². The maximum absolute atomic E-state index is 4.49. The highest BCUT2D eigenvalue weighted by Crippen LogP contribution is 2.41. The molecule has 4 nitrogen and oxygen atoms in total. The molecule has 4 heteroatoms. The summed E-state index contributed by atoms with van der Waals surface area (Å²) in [7, 11) is 0. The number of nitrogens with one attached hydrogen (secondary N) is 1. The van der Waals surface area contributed by atoms with Gasteiger partial charge in [0.05, 0.1) is 5.39 Å². The van der Waals surface area contributed by atoms with Crippen molar-refractivity contribution < 1.29 is 0 Å². The van der Waals surface area contributed by atoms with Crippen LogP contribution >= 0.6 is 0 Å². The molecule has 1 saturated heterocycles. The van der Waals surface area contributed by atoms with Crippen LogP contribution < -0.4 is 4.90 Å². The minimum atomic E-state index is 0.733. The van der Waals surface area contributed by atoms with E-state index in [1.54, 1.807) is 6.33 Å².